The molecular weight excluding hydrogens is 409 g/mol. The fourth-order valence-electron chi connectivity index (χ4n) is 2.43. The normalized spacial score (nSPS) is 11.9. The van der Waals surface area contributed by atoms with Gasteiger partial charge in [-0.2, -0.15) is 22.8 Å². The fraction of sp³-hybridized carbons (Fsp3) is 0.235. The monoisotopic (exact) mass is 422 g/mol. The lowest BCUT2D eigenvalue weighted by Crippen LogP contribution is -2.12. The number of hydrogen-bond acceptors (Lipinski definition) is 8. The summed E-state index contributed by atoms with van der Waals surface area (Å²) >= 11 is 0.923. The number of rotatable bonds is 5. The molecule has 4 rings (SSSR count). The number of nitrogens with zero attached hydrogens (tertiary/aromatic N) is 6. The molecule has 0 bridgehead atoms. The van der Waals surface area contributed by atoms with Gasteiger partial charge in [0.25, 0.3) is 16.9 Å². The Balaban J connectivity index is 1.48. The number of ether oxygens (including phenoxy) is 1. The molecule has 1 aromatic carbocycles. The van der Waals surface area contributed by atoms with Gasteiger partial charge in [-0.15, -0.1) is 20.4 Å². The number of aromatic nitrogens is 6. The Morgan fingerprint density at radius 1 is 1.07 bits per heavy atom. The van der Waals surface area contributed by atoms with Gasteiger partial charge in [0.05, 0.1) is 0 Å². The Hall–Kier alpha value is -3.15. The molecule has 0 atom stereocenters. The molecular formula is C17H13F3N6O2S. The third-order valence-electron chi connectivity index (χ3n) is 3.83. The molecule has 0 saturated carbocycles. The van der Waals surface area contributed by atoms with Crippen LogP contribution in [0.4, 0.5) is 13.2 Å². The first-order valence-electron chi connectivity index (χ1n) is 8.29. The van der Waals surface area contributed by atoms with E-state index in [0.717, 1.165) is 22.9 Å². The molecule has 150 valence electrons. The van der Waals surface area contributed by atoms with Crippen molar-refractivity contribution in [3.05, 3.63) is 53.2 Å². The zero-order chi connectivity index (χ0) is 20.6. The van der Waals surface area contributed by atoms with Crippen LogP contribution in [0.1, 0.15) is 22.8 Å². The van der Waals surface area contributed by atoms with Crippen LogP contribution in [-0.4, -0.2) is 30.0 Å². The fourth-order valence-corrected chi connectivity index (χ4v) is 3.09. The summed E-state index contributed by atoms with van der Waals surface area (Å²) in [5, 5.41) is 18.6. The Labute approximate surface area is 166 Å². The van der Waals surface area contributed by atoms with Gasteiger partial charge in [-0.1, -0.05) is 12.1 Å². The van der Waals surface area contributed by atoms with Crippen molar-refractivity contribution in [2.75, 3.05) is 0 Å². The minimum atomic E-state index is -4.67. The average molecular weight is 422 g/mol. The van der Waals surface area contributed by atoms with Crippen molar-refractivity contribution in [2.45, 2.75) is 36.9 Å². The van der Waals surface area contributed by atoms with E-state index in [0.29, 0.717) is 10.3 Å². The maximum atomic E-state index is 13.0. The number of aryl methyl sites for hydroxylation is 2. The molecule has 0 unspecified atom stereocenters. The van der Waals surface area contributed by atoms with Crippen LogP contribution in [0, 0.1) is 13.8 Å². The van der Waals surface area contributed by atoms with E-state index in [4.69, 9.17) is 9.15 Å². The van der Waals surface area contributed by atoms with Gasteiger partial charge in [0, 0.05) is 0 Å². The van der Waals surface area contributed by atoms with Crippen LogP contribution in [0.5, 0.6) is 5.75 Å². The van der Waals surface area contributed by atoms with Gasteiger partial charge in [-0.25, -0.2) is 0 Å². The van der Waals surface area contributed by atoms with Crippen molar-refractivity contribution in [3.8, 4) is 5.75 Å². The minimum absolute atomic E-state index is 0.0187. The van der Waals surface area contributed by atoms with Gasteiger partial charge < -0.3 is 9.15 Å². The van der Waals surface area contributed by atoms with E-state index in [1.54, 1.807) is 0 Å². The van der Waals surface area contributed by atoms with Crippen LogP contribution >= 0.6 is 11.8 Å². The lowest BCUT2D eigenvalue weighted by Gasteiger charge is -2.07. The number of benzene rings is 1. The summed E-state index contributed by atoms with van der Waals surface area (Å²) in [6.07, 6.45) is -4.67. The van der Waals surface area contributed by atoms with Gasteiger partial charge in [0.15, 0.2) is 12.3 Å². The Morgan fingerprint density at radius 2 is 1.90 bits per heavy atom. The molecule has 0 radical (unpaired) electrons. The number of hydrogen-bond donors (Lipinski definition) is 0. The number of fused-ring (bicyclic) bond motifs is 1. The molecule has 29 heavy (non-hydrogen) atoms. The molecule has 0 aliphatic carbocycles. The van der Waals surface area contributed by atoms with Crippen LogP contribution in [0.25, 0.3) is 5.65 Å². The van der Waals surface area contributed by atoms with Crippen LogP contribution in [0.2, 0.25) is 0 Å². The van der Waals surface area contributed by atoms with E-state index in [2.05, 4.69) is 25.5 Å². The van der Waals surface area contributed by atoms with E-state index < -0.39 is 12.0 Å². The van der Waals surface area contributed by atoms with Gasteiger partial charge >= 0.3 is 6.18 Å². The third-order valence-corrected chi connectivity index (χ3v) is 4.59. The summed E-state index contributed by atoms with van der Waals surface area (Å²) in [4.78, 5) is 0. The van der Waals surface area contributed by atoms with E-state index in [9.17, 15) is 13.2 Å². The van der Waals surface area contributed by atoms with Crippen molar-refractivity contribution in [2.24, 2.45) is 0 Å². The Morgan fingerprint density at radius 3 is 2.69 bits per heavy atom. The molecule has 0 amide bonds. The first-order chi connectivity index (χ1) is 13.8. The molecule has 0 fully saturated rings. The molecule has 12 heteroatoms. The molecule has 0 saturated heterocycles. The van der Waals surface area contributed by atoms with Crippen molar-refractivity contribution < 1.29 is 22.3 Å². The highest BCUT2D eigenvalue weighted by Crippen LogP contribution is 2.29. The van der Waals surface area contributed by atoms with Gasteiger partial charge in [-0.05, 0) is 54.9 Å². The highest BCUT2D eigenvalue weighted by molar-refractivity contribution is 7.99. The summed E-state index contributed by atoms with van der Waals surface area (Å²) < 4.78 is 50.7. The minimum Gasteiger partial charge on any atom is -0.484 e. The average Bonchev–Trinajstić information content (AvgIpc) is 3.28. The van der Waals surface area contributed by atoms with Crippen molar-refractivity contribution in [1.29, 1.82) is 0 Å². The maximum Gasteiger partial charge on any atom is 0.453 e. The summed E-state index contributed by atoms with van der Waals surface area (Å²) in [6.45, 7) is 3.94. The standard InChI is InChI=1S/C17H13F3N6O2S/c1-9-3-4-10(2)11(7-9)27-8-13-22-24-16(28-13)29-14-6-5-12-21-23-15(17(18,19)20)26(12)25-14/h3-7H,8H2,1-2H3. The zero-order valence-corrected chi connectivity index (χ0v) is 16.0. The topological polar surface area (TPSA) is 91.2 Å². The van der Waals surface area contributed by atoms with Crippen LogP contribution in [0.3, 0.4) is 0 Å². The highest BCUT2D eigenvalue weighted by atomic mass is 32.2. The first-order valence-corrected chi connectivity index (χ1v) is 9.11. The van der Waals surface area contributed by atoms with E-state index in [-0.39, 0.29) is 28.4 Å². The second-order valence-electron chi connectivity index (χ2n) is 6.08. The van der Waals surface area contributed by atoms with Crippen LogP contribution in [0.15, 0.2) is 45.0 Å². The summed E-state index contributed by atoms with van der Waals surface area (Å²) in [6, 6.07) is 8.69. The summed E-state index contributed by atoms with van der Waals surface area (Å²) in [5.74, 6) is -0.269. The van der Waals surface area contributed by atoms with Crippen LogP contribution in [-0.2, 0) is 12.8 Å². The molecule has 3 aromatic heterocycles. The zero-order valence-electron chi connectivity index (χ0n) is 15.1. The lowest BCUT2D eigenvalue weighted by atomic mass is 10.1. The molecule has 0 aliphatic rings. The number of alkyl halides is 3. The quantitative estimate of drug-likeness (QED) is 0.479. The first kappa shape index (κ1) is 19.2. The molecule has 4 aromatic rings. The van der Waals surface area contributed by atoms with E-state index in [1.165, 1.54) is 12.1 Å². The molecule has 0 spiro atoms. The predicted octanol–water partition coefficient (Wildman–Crippen LogP) is 3.87. The van der Waals surface area contributed by atoms with Gasteiger partial charge in [-0.3, -0.25) is 0 Å². The maximum absolute atomic E-state index is 13.0. The van der Waals surface area contributed by atoms with Crippen LogP contribution < -0.4 is 4.74 Å². The Kier molecular flexibility index (Phi) is 4.86. The Bertz CT molecular complexity index is 1170. The van der Waals surface area contributed by atoms with Gasteiger partial charge in [0.2, 0.25) is 0 Å². The van der Waals surface area contributed by atoms with E-state index >= 15 is 0 Å². The molecule has 3 heterocycles. The number of halogens is 3. The molecule has 8 nitrogen and oxygen atoms in total. The molecule has 0 N–H and O–H groups in total. The smallest absolute Gasteiger partial charge is 0.453 e. The van der Waals surface area contributed by atoms with Crippen molar-refractivity contribution >= 4 is 17.4 Å². The highest BCUT2D eigenvalue weighted by Gasteiger charge is 2.37. The second-order valence-corrected chi connectivity index (χ2v) is 7.06. The van der Waals surface area contributed by atoms with Crippen molar-refractivity contribution in [1.82, 2.24) is 30.0 Å². The van der Waals surface area contributed by atoms with Gasteiger partial charge in [0.1, 0.15) is 10.8 Å². The largest absolute Gasteiger partial charge is 0.484 e. The van der Waals surface area contributed by atoms with Crippen molar-refractivity contribution in [3.63, 3.8) is 0 Å². The lowest BCUT2D eigenvalue weighted by molar-refractivity contribution is -0.146. The summed E-state index contributed by atoms with van der Waals surface area (Å²) in [5.41, 5.74) is 2.01. The SMILES string of the molecule is Cc1ccc(C)c(OCc2nnc(Sc3ccc4nnc(C(F)(F)F)n4n3)o2)c1. The second kappa shape index (κ2) is 7.35. The third kappa shape index (κ3) is 4.16. The predicted molar refractivity (Wildman–Crippen MR) is 94.5 cm³/mol. The van der Waals surface area contributed by atoms with E-state index in [1.807, 2.05) is 32.0 Å². The molecule has 0 aliphatic heterocycles. The summed E-state index contributed by atoms with van der Waals surface area (Å²) in [7, 11) is 0.